The van der Waals surface area contributed by atoms with Gasteiger partial charge < -0.3 is 10.4 Å². The van der Waals surface area contributed by atoms with Gasteiger partial charge in [0.05, 0.1) is 17.1 Å². The van der Waals surface area contributed by atoms with Gasteiger partial charge in [0.25, 0.3) is 5.69 Å². The van der Waals surface area contributed by atoms with Crippen LogP contribution in [0.3, 0.4) is 0 Å². The number of nitro groups is 1. The fourth-order valence-electron chi connectivity index (χ4n) is 3.94. The number of nitrogens with two attached hydrogens (primary N) is 1. The van der Waals surface area contributed by atoms with Crippen molar-refractivity contribution in [1.29, 1.82) is 0 Å². The monoisotopic (exact) mass is 277 g/mol. The lowest BCUT2D eigenvalue weighted by Gasteiger charge is -2.46. The van der Waals surface area contributed by atoms with E-state index in [1.54, 1.807) is 12.1 Å². The summed E-state index contributed by atoms with van der Waals surface area (Å²) in [6.45, 7) is 0.925. The fourth-order valence-corrected chi connectivity index (χ4v) is 3.94. The molecule has 1 saturated heterocycles. The molecular formula is C15H21N2O3+. The summed E-state index contributed by atoms with van der Waals surface area (Å²) in [6.07, 6.45) is 5.09. The molecule has 0 bridgehead atoms. The number of benzene rings is 1. The first-order valence-corrected chi connectivity index (χ1v) is 7.40. The van der Waals surface area contributed by atoms with Crippen LogP contribution in [0.5, 0.6) is 0 Å². The zero-order valence-corrected chi connectivity index (χ0v) is 11.5. The van der Waals surface area contributed by atoms with Gasteiger partial charge in [-0.05, 0) is 25.0 Å². The van der Waals surface area contributed by atoms with Crippen molar-refractivity contribution in [3.8, 4) is 0 Å². The highest BCUT2D eigenvalue weighted by Gasteiger charge is 2.48. The average Bonchev–Trinajstić information content (AvgIpc) is 2.46. The number of hydrogen-bond donors (Lipinski definition) is 2. The maximum atomic E-state index is 10.8. The Kier molecular flexibility index (Phi) is 3.48. The summed E-state index contributed by atoms with van der Waals surface area (Å²) in [4.78, 5) is 10.4. The summed E-state index contributed by atoms with van der Waals surface area (Å²) < 4.78 is 0. The number of aliphatic hydroxyl groups is 1. The van der Waals surface area contributed by atoms with Gasteiger partial charge in [0, 0.05) is 30.0 Å². The molecular weight excluding hydrogens is 256 g/mol. The van der Waals surface area contributed by atoms with Crippen LogP contribution in [0.15, 0.2) is 24.3 Å². The Morgan fingerprint density at radius 3 is 2.70 bits per heavy atom. The maximum absolute atomic E-state index is 10.8. The molecule has 1 aromatic carbocycles. The standard InChI is InChI=1S/C15H20N2O3/c18-15-8-2-1-3-13(15)14(16-10-9-15)11-4-6-12(7-5-11)17(19)20/h4-7,13-14,16,18H,1-3,8-10H2/p+1/t13-,14+,15-/m0/s1. The molecule has 5 heteroatoms. The largest absolute Gasteiger partial charge is 0.389 e. The van der Waals surface area contributed by atoms with Gasteiger partial charge in [-0.25, -0.2) is 0 Å². The number of nitrogens with zero attached hydrogens (tertiary/aromatic N) is 1. The quantitative estimate of drug-likeness (QED) is 0.635. The van der Waals surface area contributed by atoms with Gasteiger partial charge in [-0.1, -0.05) is 12.8 Å². The molecule has 5 nitrogen and oxygen atoms in total. The average molecular weight is 277 g/mol. The first kappa shape index (κ1) is 13.5. The van der Waals surface area contributed by atoms with E-state index >= 15 is 0 Å². The van der Waals surface area contributed by atoms with E-state index in [9.17, 15) is 15.2 Å². The highest BCUT2D eigenvalue weighted by molar-refractivity contribution is 5.34. The van der Waals surface area contributed by atoms with Crippen LogP contribution in [0.1, 0.15) is 43.7 Å². The van der Waals surface area contributed by atoms with Crippen molar-refractivity contribution in [1.82, 2.24) is 0 Å². The molecule has 108 valence electrons. The number of hydrogen-bond acceptors (Lipinski definition) is 3. The normalized spacial score (nSPS) is 33.5. The van der Waals surface area contributed by atoms with Crippen molar-refractivity contribution in [3.05, 3.63) is 39.9 Å². The second kappa shape index (κ2) is 5.14. The van der Waals surface area contributed by atoms with Crippen LogP contribution in [0, 0.1) is 16.0 Å². The third-order valence-corrected chi connectivity index (χ3v) is 4.99. The Balaban J connectivity index is 1.86. The molecule has 0 spiro atoms. The van der Waals surface area contributed by atoms with Crippen LogP contribution in [0.25, 0.3) is 0 Å². The van der Waals surface area contributed by atoms with Crippen LogP contribution in [-0.2, 0) is 0 Å². The molecule has 0 unspecified atom stereocenters. The first-order valence-electron chi connectivity index (χ1n) is 7.40. The van der Waals surface area contributed by atoms with Gasteiger partial charge in [-0.3, -0.25) is 10.1 Å². The highest BCUT2D eigenvalue weighted by atomic mass is 16.6. The van der Waals surface area contributed by atoms with Crippen molar-refractivity contribution < 1.29 is 15.3 Å². The van der Waals surface area contributed by atoms with Gasteiger partial charge in [0.15, 0.2) is 0 Å². The minimum atomic E-state index is -0.528. The van der Waals surface area contributed by atoms with E-state index < -0.39 is 5.60 Å². The zero-order valence-electron chi connectivity index (χ0n) is 11.5. The van der Waals surface area contributed by atoms with E-state index in [1.807, 2.05) is 12.1 Å². The van der Waals surface area contributed by atoms with Gasteiger partial charge >= 0.3 is 0 Å². The van der Waals surface area contributed by atoms with Crippen LogP contribution in [-0.4, -0.2) is 22.2 Å². The molecule has 0 aromatic heterocycles. The smallest absolute Gasteiger partial charge is 0.269 e. The van der Waals surface area contributed by atoms with E-state index in [4.69, 9.17) is 0 Å². The van der Waals surface area contributed by atoms with Gasteiger partial charge in [-0.2, -0.15) is 0 Å². The van der Waals surface area contributed by atoms with Gasteiger partial charge in [0.1, 0.15) is 6.04 Å². The Hall–Kier alpha value is -1.46. The first-order chi connectivity index (χ1) is 9.60. The Morgan fingerprint density at radius 2 is 2.00 bits per heavy atom. The van der Waals surface area contributed by atoms with Crippen molar-refractivity contribution in [2.75, 3.05) is 6.54 Å². The summed E-state index contributed by atoms with van der Waals surface area (Å²) in [5.41, 5.74) is 0.698. The third-order valence-electron chi connectivity index (χ3n) is 4.99. The lowest BCUT2D eigenvalue weighted by Crippen LogP contribution is -2.91. The topological polar surface area (TPSA) is 80.0 Å². The van der Waals surface area contributed by atoms with Crippen LogP contribution >= 0.6 is 0 Å². The van der Waals surface area contributed by atoms with E-state index in [1.165, 1.54) is 6.42 Å². The molecule has 2 fully saturated rings. The summed E-state index contributed by atoms with van der Waals surface area (Å²) >= 11 is 0. The minimum absolute atomic E-state index is 0.128. The van der Waals surface area contributed by atoms with E-state index in [0.29, 0.717) is 0 Å². The van der Waals surface area contributed by atoms with E-state index in [2.05, 4.69) is 5.32 Å². The zero-order chi connectivity index (χ0) is 14.2. The van der Waals surface area contributed by atoms with Crippen LogP contribution in [0.4, 0.5) is 5.69 Å². The number of piperidine rings is 1. The van der Waals surface area contributed by atoms with Crippen molar-refractivity contribution in [2.24, 2.45) is 5.92 Å². The molecule has 20 heavy (non-hydrogen) atoms. The van der Waals surface area contributed by atoms with Gasteiger partial charge in [0.2, 0.25) is 0 Å². The Morgan fingerprint density at radius 1 is 1.25 bits per heavy atom. The van der Waals surface area contributed by atoms with Crippen LogP contribution < -0.4 is 5.32 Å². The molecule has 0 amide bonds. The highest BCUT2D eigenvalue weighted by Crippen LogP contribution is 2.43. The van der Waals surface area contributed by atoms with Crippen molar-refractivity contribution >= 4 is 5.69 Å². The second-order valence-corrected chi connectivity index (χ2v) is 6.10. The molecule has 1 aliphatic carbocycles. The molecule has 1 aliphatic heterocycles. The minimum Gasteiger partial charge on any atom is -0.389 e. The molecule has 1 saturated carbocycles. The van der Waals surface area contributed by atoms with Gasteiger partial charge in [-0.15, -0.1) is 0 Å². The maximum Gasteiger partial charge on any atom is 0.269 e. The molecule has 1 aromatic rings. The fraction of sp³-hybridized carbons (Fsp3) is 0.600. The van der Waals surface area contributed by atoms with E-state index in [-0.39, 0.29) is 22.6 Å². The predicted octanol–water partition coefficient (Wildman–Crippen LogP) is 1.52. The Bertz CT molecular complexity index is 498. The predicted molar refractivity (Wildman–Crippen MR) is 74.2 cm³/mol. The van der Waals surface area contributed by atoms with Crippen molar-refractivity contribution in [3.63, 3.8) is 0 Å². The molecule has 3 atom stereocenters. The Labute approximate surface area is 118 Å². The summed E-state index contributed by atoms with van der Waals surface area (Å²) in [7, 11) is 0. The van der Waals surface area contributed by atoms with Crippen LogP contribution in [0.2, 0.25) is 0 Å². The number of quaternary nitrogens is 1. The van der Waals surface area contributed by atoms with E-state index in [0.717, 1.165) is 37.8 Å². The summed E-state index contributed by atoms with van der Waals surface area (Å²) in [5.74, 6) is 0.270. The lowest BCUT2D eigenvalue weighted by atomic mass is 9.67. The number of nitro benzene ring substituents is 1. The second-order valence-electron chi connectivity index (χ2n) is 6.10. The molecule has 1 heterocycles. The molecule has 3 rings (SSSR count). The number of rotatable bonds is 2. The molecule has 2 aliphatic rings. The SMILES string of the molecule is O=[N+]([O-])c1ccc([C@H]2[NH2+]CC[C@@]3(O)CCCC[C@@H]23)cc1. The molecule has 3 N–H and O–H groups in total. The number of fused-ring (bicyclic) bond motifs is 1. The lowest BCUT2D eigenvalue weighted by molar-refractivity contribution is -0.719. The third kappa shape index (κ3) is 2.31. The summed E-state index contributed by atoms with van der Waals surface area (Å²) in [6, 6.07) is 7.06. The number of non-ortho nitro benzene ring substituents is 1. The summed E-state index contributed by atoms with van der Waals surface area (Å²) in [5, 5.41) is 23.8. The molecule has 0 radical (unpaired) electrons. The van der Waals surface area contributed by atoms with Crippen molar-refractivity contribution in [2.45, 2.75) is 43.7 Å².